The molecule has 2 rings (SSSR count). The van der Waals surface area contributed by atoms with E-state index < -0.39 is 42.6 Å². The maximum atomic E-state index is 13.1. The minimum atomic E-state index is -2.78. The summed E-state index contributed by atoms with van der Waals surface area (Å²) in [5.41, 5.74) is 9.05. The van der Waals surface area contributed by atoms with Gasteiger partial charge in [-0.1, -0.05) is 28.8 Å². The van der Waals surface area contributed by atoms with Crippen LogP contribution in [0.15, 0.2) is 29.4 Å². The van der Waals surface area contributed by atoms with Crippen LogP contribution in [0.4, 0.5) is 8.78 Å². The molecule has 8 heteroatoms. The third-order valence-electron chi connectivity index (χ3n) is 3.65. The summed E-state index contributed by atoms with van der Waals surface area (Å²) in [5.74, 6) is -5.46. The normalized spacial score (nSPS) is 20.0. The highest BCUT2D eigenvalue weighted by Gasteiger charge is 2.51. The Balaban J connectivity index is 2.36. The summed E-state index contributed by atoms with van der Waals surface area (Å²) >= 11 is 5.77. The molecule has 1 aromatic rings. The Morgan fingerprint density at radius 2 is 2.00 bits per heavy atom. The van der Waals surface area contributed by atoms with Gasteiger partial charge in [-0.3, -0.25) is 4.79 Å². The first-order valence-corrected chi connectivity index (χ1v) is 6.62. The van der Waals surface area contributed by atoms with E-state index in [2.05, 4.69) is 10.0 Å². The van der Waals surface area contributed by atoms with E-state index in [0.29, 0.717) is 10.6 Å². The number of hydrogen-bond acceptors (Lipinski definition) is 2. The second-order valence-corrected chi connectivity index (χ2v) is 5.53. The van der Waals surface area contributed by atoms with Gasteiger partial charge in [-0.15, -0.1) is 0 Å². The van der Waals surface area contributed by atoms with E-state index in [4.69, 9.17) is 17.1 Å². The van der Waals surface area contributed by atoms with Crippen LogP contribution in [-0.2, 0) is 4.79 Å². The van der Waals surface area contributed by atoms with Gasteiger partial charge in [-0.25, -0.2) is 8.78 Å². The molecule has 0 aromatic heterocycles. The first-order valence-electron chi connectivity index (χ1n) is 6.24. The Bertz CT molecular complexity index is 578. The van der Waals surface area contributed by atoms with Crippen molar-refractivity contribution in [1.29, 1.82) is 0 Å². The van der Waals surface area contributed by atoms with Crippen molar-refractivity contribution in [3.63, 3.8) is 0 Å². The van der Waals surface area contributed by atoms with Crippen LogP contribution in [0.1, 0.15) is 24.3 Å². The zero-order valence-electron chi connectivity index (χ0n) is 10.8. The zero-order chi connectivity index (χ0) is 15.6. The Labute approximate surface area is 124 Å². The third kappa shape index (κ3) is 3.43. The highest BCUT2D eigenvalue weighted by atomic mass is 35.5. The van der Waals surface area contributed by atoms with Gasteiger partial charge in [0.2, 0.25) is 5.92 Å². The van der Waals surface area contributed by atoms with Crippen LogP contribution in [0.25, 0.3) is 10.4 Å². The maximum absolute atomic E-state index is 13.1. The van der Waals surface area contributed by atoms with Crippen LogP contribution in [0.5, 0.6) is 0 Å². The van der Waals surface area contributed by atoms with Crippen molar-refractivity contribution in [2.24, 2.45) is 11.0 Å². The number of aliphatic carboxylic acids is 1. The van der Waals surface area contributed by atoms with Crippen molar-refractivity contribution in [1.82, 2.24) is 0 Å². The van der Waals surface area contributed by atoms with Crippen molar-refractivity contribution < 1.29 is 18.7 Å². The lowest BCUT2D eigenvalue weighted by Gasteiger charge is -2.41. The largest absolute Gasteiger partial charge is 0.481 e. The molecule has 1 fully saturated rings. The van der Waals surface area contributed by atoms with Crippen molar-refractivity contribution in [2.45, 2.75) is 30.7 Å². The fourth-order valence-corrected chi connectivity index (χ4v) is 2.82. The topological polar surface area (TPSA) is 86.1 Å². The van der Waals surface area contributed by atoms with E-state index in [1.165, 1.54) is 0 Å². The predicted molar refractivity (Wildman–Crippen MR) is 72.4 cm³/mol. The lowest BCUT2D eigenvalue weighted by molar-refractivity contribution is -0.144. The molecule has 0 saturated heterocycles. The average Bonchev–Trinajstić information content (AvgIpc) is 2.37. The molecule has 0 heterocycles. The SMILES string of the molecule is [N-]=[N+]=NC(C(=O)O)[C@@H](c1ccc(Cl)cc1)C1CC(F)(F)C1. The molecule has 1 aromatic carbocycles. The fraction of sp³-hybridized carbons (Fsp3) is 0.462. The van der Waals surface area contributed by atoms with Crippen LogP contribution >= 0.6 is 11.6 Å². The number of hydrogen-bond donors (Lipinski definition) is 1. The van der Waals surface area contributed by atoms with Gasteiger partial charge in [0.1, 0.15) is 6.04 Å². The molecule has 1 N–H and O–H groups in total. The molecule has 1 saturated carbocycles. The minimum absolute atomic E-state index is 0.412. The van der Waals surface area contributed by atoms with E-state index in [0.717, 1.165) is 0 Å². The molecule has 1 aliphatic rings. The Morgan fingerprint density at radius 1 is 1.43 bits per heavy atom. The predicted octanol–water partition coefficient (Wildman–Crippen LogP) is 4.23. The summed E-state index contributed by atoms with van der Waals surface area (Å²) in [6, 6.07) is 4.83. The molecular formula is C13H12ClF2N3O2. The molecule has 5 nitrogen and oxygen atoms in total. The van der Waals surface area contributed by atoms with Crippen LogP contribution in [-0.4, -0.2) is 23.0 Å². The highest BCUT2D eigenvalue weighted by Crippen LogP contribution is 2.50. The van der Waals surface area contributed by atoms with Gasteiger partial charge < -0.3 is 5.11 Å². The summed E-state index contributed by atoms with van der Waals surface area (Å²) < 4.78 is 26.2. The Morgan fingerprint density at radius 3 is 2.43 bits per heavy atom. The fourth-order valence-electron chi connectivity index (χ4n) is 2.69. The molecule has 21 heavy (non-hydrogen) atoms. The lowest BCUT2D eigenvalue weighted by atomic mass is 9.68. The van der Waals surface area contributed by atoms with Crippen LogP contribution in [0.3, 0.4) is 0 Å². The van der Waals surface area contributed by atoms with Gasteiger partial charge in [0.25, 0.3) is 0 Å². The third-order valence-corrected chi connectivity index (χ3v) is 3.91. The first-order chi connectivity index (χ1) is 9.84. The Hall–Kier alpha value is -1.85. The van der Waals surface area contributed by atoms with Crippen LogP contribution in [0, 0.1) is 5.92 Å². The number of azide groups is 1. The van der Waals surface area contributed by atoms with E-state index in [1.807, 2.05) is 0 Å². The number of rotatable bonds is 5. The Kier molecular flexibility index (Phi) is 4.34. The summed E-state index contributed by atoms with van der Waals surface area (Å²) in [7, 11) is 0. The molecule has 0 aliphatic heterocycles. The number of nitrogens with zero attached hydrogens (tertiary/aromatic N) is 3. The molecule has 2 atom stereocenters. The van der Waals surface area contributed by atoms with Crippen LogP contribution in [0.2, 0.25) is 5.02 Å². The first kappa shape index (κ1) is 15.5. The van der Waals surface area contributed by atoms with Gasteiger partial charge in [0.05, 0.1) is 0 Å². The van der Waals surface area contributed by atoms with E-state index in [1.54, 1.807) is 24.3 Å². The number of carboxylic acid groups (broad SMARTS) is 1. The van der Waals surface area contributed by atoms with Crippen molar-refractivity contribution in [3.05, 3.63) is 45.3 Å². The molecular weight excluding hydrogens is 304 g/mol. The van der Waals surface area contributed by atoms with E-state index in [-0.39, 0.29) is 0 Å². The van der Waals surface area contributed by atoms with Gasteiger partial charge in [0, 0.05) is 28.7 Å². The van der Waals surface area contributed by atoms with Crippen LogP contribution < -0.4 is 0 Å². The van der Waals surface area contributed by atoms with Crippen molar-refractivity contribution in [3.8, 4) is 0 Å². The van der Waals surface area contributed by atoms with Crippen molar-refractivity contribution in [2.75, 3.05) is 0 Å². The lowest BCUT2D eigenvalue weighted by Crippen LogP contribution is -2.43. The smallest absolute Gasteiger partial charge is 0.313 e. The van der Waals surface area contributed by atoms with E-state index >= 15 is 0 Å². The molecule has 1 aliphatic carbocycles. The average molecular weight is 316 g/mol. The van der Waals surface area contributed by atoms with Gasteiger partial charge >= 0.3 is 5.97 Å². The maximum Gasteiger partial charge on any atom is 0.313 e. The summed E-state index contributed by atoms with van der Waals surface area (Å²) in [5, 5.41) is 12.9. The minimum Gasteiger partial charge on any atom is -0.481 e. The number of halogens is 3. The molecule has 0 radical (unpaired) electrons. The quantitative estimate of drug-likeness (QED) is 0.500. The summed E-state index contributed by atoms with van der Waals surface area (Å²) in [4.78, 5) is 13.8. The molecule has 112 valence electrons. The number of benzene rings is 1. The van der Waals surface area contributed by atoms with E-state index in [9.17, 15) is 18.7 Å². The van der Waals surface area contributed by atoms with Gasteiger partial charge in [-0.05, 0) is 29.1 Å². The second kappa shape index (κ2) is 5.87. The highest BCUT2D eigenvalue weighted by molar-refractivity contribution is 6.30. The monoisotopic (exact) mass is 315 g/mol. The van der Waals surface area contributed by atoms with Crippen molar-refractivity contribution >= 4 is 17.6 Å². The molecule has 0 bridgehead atoms. The second-order valence-electron chi connectivity index (χ2n) is 5.09. The number of alkyl halides is 2. The number of carbonyl (C=O) groups is 1. The zero-order valence-corrected chi connectivity index (χ0v) is 11.5. The molecule has 0 amide bonds. The standard InChI is InChI=1S/C13H12ClF2N3O2/c14-9-3-1-7(2-4-9)10(8-5-13(15,16)6-8)11(12(20)21)18-19-17/h1-4,8,10-11H,5-6H2,(H,20,21)/t10-,11?/m0/s1. The van der Waals surface area contributed by atoms with Gasteiger partial charge in [-0.2, -0.15) is 0 Å². The molecule has 1 unspecified atom stereocenters. The number of carboxylic acids is 1. The summed E-state index contributed by atoms with van der Waals surface area (Å²) in [6.45, 7) is 0. The molecule has 0 spiro atoms. The summed E-state index contributed by atoms with van der Waals surface area (Å²) in [6.07, 6.45) is -0.823. The van der Waals surface area contributed by atoms with Gasteiger partial charge in [0.15, 0.2) is 0 Å².